The van der Waals surface area contributed by atoms with E-state index in [1.54, 1.807) is 11.0 Å². The van der Waals surface area contributed by atoms with Crippen molar-refractivity contribution in [1.82, 2.24) is 10.2 Å². The number of carbonyl (C=O) groups is 1. The molecule has 120 valence electrons. The molecule has 5 nitrogen and oxygen atoms in total. The number of nitrogens with one attached hydrogen (secondary N) is 1. The molecule has 0 unspecified atom stereocenters. The molecule has 1 saturated heterocycles. The van der Waals surface area contributed by atoms with Crippen molar-refractivity contribution < 1.29 is 18.7 Å². The Morgan fingerprint density at radius 3 is 3.14 bits per heavy atom. The van der Waals surface area contributed by atoms with Gasteiger partial charge in [0.25, 0.3) is 0 Å². The highest BCUT2D eigenvalue weighted by Crippen LogP contribution is 2.18. The van der Waals surface area contributed by atoms with Crippen molar-refractivity contribution in [2.45, 2.75) is 19.6 Å². The van der Waals surface area contributed by atoms with Crippen LogP contribution in [0.4, 0.5) is 9.18 Å². The third-order valence-electron chi connectivity index (χ3n) is 3.47. The summed E-state index contributed by atoms with van der Waals surface area (Å²) in [5.74, 6) is 0.0926. The molecule has 2 rings (SSSR count). The molecule has 0 aromatic heterocycles. The number of amides is 1. The van der Waals surface area contributed by atoms with Crippen molar-refractivity contribution in [2.75, 3.05) is 26.2 Å². The number of rotatable bonds is 5. The average Bonchev–Trinajstić information content (AvgIpc) is 2.53. The zero-order valence-electron chi connectivity index (χ0n) is 12.7. The van der Waals surface area contributed by atoms with Crippen molar-refractivity contribution >= 4 is 6.09 Å². The molecule has 1 aliphatic rings. The van der Waals surface area contributed by atoms with Gasteiger partial charge in [-0.2, -0.15) is 0 Å². The summed E-state index contributed by atoms with van der Waals surface area (Å²) >= 11 is 0. The second kappa shape index (κ2) is 7.79. The van der Waals surface area contributed by atoms with Crippen LogP contribution in [0.1, 0.15) is 12.5 Å². The van der Waals surface area contributed by atoms with Crippen LogP contribution < -0.4 is 10.1 Å². The van der Waals surface area contributed by atoms with Gasteiger partial charge in [-0.25, -0.2) is 9.18 Å². The van der Waals surface area contributed by atoms with Crippen molar-refractivity contribution in [3.05, 3.63) is 42.2 Å². The fourth-order valence-corrected chi connectivity index (χ4v) is 2.24. The Hall–Kier alpha value is -2.08. The SMILES string of the molecule is C=CCOc1ccc(F)c(COC(=O)N2CCNC[C@H]2C)c1. The maximum Gasteiger partial charge on any atom is 0.410 e. The molecule has 1 aromatic carbocycles. The third-order valence-corrected chi connectivity index (χ3v) is 3.47. The molecule has 1 amide bonds. The summed E-state index contributed by atoms with van der Waals surface area (Å²) < 4.78 is 24.3. The second-order valence-corrected chi connectivity index (χ2v) is 5.15. The maximum absolute atomic E-state index is 13.8. The Kier molecular flexibility index (Phi) is 5.77. The number of piperazine rings is 1. The molecule has 22 heavy (non-hydrogen) atoms. The van der Waals surface area contributed by atoms with E-state index in [9.17, 15) is 9.18 Å². The summed E-state index contributed by atoms with van der Waals surface area (Å²) in [7, 11) is 0. The molecule has 1 aromatic rings. The first-order valence-electron chi connectivity index (χ1n) is 7.28. The number of ether oxygens (including phenoxy) is 2. The van der Waals surface area contributed by atoms with Crippen LogP contribution in [0.3, 0.4) is 0 Å². The molecule has 0 radical (unpaired) electrons. The van der Waals surface area contributed by atoms with Crippen LogP contribution in [0.2, 0.25) is 0 Å². The first-order valence-corrected chi connectivity index (χ1v) is 7.28. The van der Waals surface area contributed by atoms with Gasteiger partial charge in [-0.3, -0.25) is 0 Å². The van der Waals surface area contributed by atoms with Gasteiger partial charge < -0.3 is 19.7 Å². The van der Waals surface area contributed by atoms with E-state index in [2.05, 4.69) is 11.9 Å². The van der Waals surface area contributed by atoms with Crippen LogP contribution in [0.5, 0.6) is 5.75 Å². The van der Waals surface area contributed by atoms with Crippen molar-refractivity contribution in [3.8, 4) is 5.75 Å². The Balaban J connectivity index is 1.95. The quantitative estimate of drug-likeness (QED) is 0.848. The van der Waals surface area contributed by atoms with Crippen LogP contribution in [0.25, 0.3) is 0 Å². The lowest BCUT2D eigenvalue weighted by Gasteiger charge is -2.33. The van der Waals surface area contributed by atoms with Crippen molar-refractivity contribution in [3.63, 3.8) is 0 Å². The van der Waals surface area contributed by atoms with E-state index >= 15 is 0 Å². The summed E-state index contributed by atoms with van der Waals surface area (Å²) in [6.07, 6.45) is 1.18. The summed E-state index contributed by atoms with van der Waals surface area (Å²) in [6, 6.07) is 4.43. The van der Waals surface area contributed by atoms with Gasteiger partial charge >= 0.3 is 6.09 Å². The summed E-state index contributed by atoms with van der Waals surface area (Å²) in [4.78, 5) is 13.7. The predicted octanol–water partition coefficient (Wildman–Crippen LogP) is 2.32. The zero-order valence-corrected chi connectivity index (χ0v) is 12.7. The number of carbonyl (C=O) groups excluding carboxylic acids is 1. The molecule has 1 aliphatic heterocycles. The largest absolute Gasteiger partial charge is 0.490 e. The van der Waals surface area contributed by atoms with E-state index in [1.807, 2.05) is 6.92 Å². The lowest BCUT2D eigenvalue weighted by Crippen LogP contribution is -2.52. The lowest BCUT2D eigenvalue weighted by molar-refractivity contribution is 0.0751. The topological polar surface area (TPSA) is 50.8 Å². The number of hydrogen-bond donors (Lipinski definition) is 1. The van der Waals surface area contributed by atoms with Crippen molar-refractivity contribution in [1.29, 1.82) is 0 Å². The minimum absolute atomic E-state index is 0.0633. The van der Waals surface area contributed by atoms with Gasteiger partial charge in [0.15, 0.2) is 0 Å². The second-order valence-electron chi connectivity index (χ2n) is 5.15. The highest BCUT2D eigenvalue weighted by Gasteiger charge is 2.24. The van der Waals surface area contributed by atoms with Crippen LogP contribution in [0, 0.1) is 5.82 Å². The van der Waals surface area contributed by atoms with E-state index in [4.69, 9.17) is 9.47 Å². The standard InChI is InChI=1S/C16H21FN2O3/c1-3-8-21-14-4-5-15(17)13(9-14)11-22-16(20)19-7-6-18-10-12(19)2/h3-5,9,12,18H,1,6-8,10-11H2,2H3/t12-/m1/s1. The fraction of sp³-hybridized carbons (Fsp3) is 0.438. The molecule has 1 N–H and O–H groups in total. The molecular weight excluding hydrogens is 287 g/mol. The van der Waals surface area contributed by atoms with Crippen molar-refractivity contribution in [2.24, 2.45) is 0 Å². The Morgan fingerprint density at radius 2 is 2.41 bits per heavy atom. The fourth-order valence-electron chi connectivity index (χ4n) is 2.24. The highest BCUT2D eigenvalue weighted by molar-refractivity contribution is 5.68. The number of halogens is 1. The number of hydrogen-bond acceptors (Lipinski definition) is 4. The van der Waals surface area contributed by atoms with E-state index in [-0.39, 0.29) is 18.2 Å². The normalized spacial score (nSPS) is 17.9. The smallest absolute Gasteiger partial charge is 0.410 e. The first kappa shape index (κ1) is 16.3. The van der Waals surface area contributed by atoms with Gasteiger partial charge in [-0.1, -0.05) is 12.7 Å². The van der Waals surface area contributed by atoms with Crippen LogP contribution >= 0.6 is 0 Å². The molecule has 0 aliphatic carbocycles. The summed E-state index contributed by atoms with van der Waals surface area (Å²) in [6.45, 7) is 7.77. The Bertz CT molecular complexity index is 536. The van der Waals surface area contributed by atoms with Gasteiger partial charge in [-0.05, 0) is 25.1 Å². The van der Waals surface area contributed by atoms with E-state index in [0.717, 1.165) is 13.1 Å². The summed E-state index contributed by atoms with van der Waals surface area (Å²) in [5.41, 5.74) is 0.290. The number of benzene rings is 1. The van der Waals surface area contributed by atoms with Gasteiger partial charge in [0.1, 0.15) is 24.8 Å². The predicted molar refractivity (Wildman–Crippen MR) is 81.3 cm³/mol. The number of nitrogens with zero attached hydrogens (tertiary/aromatic N) is 1. The molecule has 6 heteroatoms. The van der Waals surface area contributed by atoms with E-state index in [1.165, 1.54) is 18.2 Å². The molecule has 0 saturated carbocycles. The lowest BCUT2D eigenvalue weighted by atomic mass is 10.2. The zero-order chi connectivity index (χ0) is 15.9. The van der Waals surface area contributed by atoms with Gasteiger partial charge in [0, 0.05) is 31.2 Å². The molecule has 0 spiro atoms. The molecule has 1 fully saturated rings. The van der Waals surface area contributed by atoms with Gasteiger partial charge in [0.2, 0.25) is 0 Å². The maximum atomic E-state index is 13.8. The highest BCUT2D eigenvalue weighted by atomic mass is 19.1. The van der Waals surface area contributed by atoms with Gasteiger partial charge in [0.05, 0.1) is 0 Å². The minimum atomic E-state index is -0.425. The average molecular weight is 308 g/mol. The molecule has 1 atom stereocenters. The first-order chi connectivity index (χ1) is 10.6. The molecule has 0 bridgehead atoms. The molecular formula is C16H21FN2O3. The monoisotopic (exact) mass is 308 g/mol. The van der Waals surface area contributed by atoms with Crippen LogP contribution in [-0.4, -0.2) is 43.3 Å². The molecule has 1 heterocycles. The third kappa shape index (κ3) is 4.21. The van der Waals surface area contributed by atoms with Gasteiger partial charge in [-0.15, -0.1) is 0 Å². The van der Waals surface area contributed by atoms with E-state index in [0.29, 0.717) is 18.9 Å². The Labute approximate surface area is 129 Å². The Morgan fingerprint density at radius 1 is 1.59 bits per heavy atom. The minimum Gasteiger partial charge on any atom is -0.490 e. The van der Waals surface area contributed by atoms with Crippen LogP contribution in [0.15, 0.2) is 30.9 Å². The summed E-state index contributed by atoms with van der Waals surface area (Å²) in [5, 5.41) is 3.20. The van der Waals surface area contributed by atoms with E-state index < -0.39 is 11.9 Å². The van der Waals surface area contributed by atoms with Crippen LogP contribution in [-0.2, 0) is 11.3 Å².